The van der Waals surface area contributed by atoms with E-state index in [2.05, 4.69) is 0 Å². The van der Waals surface area contributed by atoms with Crippen molar-refractivity contribution in [3.05, 3.63) is 96.1 Å². The highest BCUT2D eigenvalue weighted by Gasteiger charge is 2.14. The van der Waals surface area contributed by atoms with Crippen molar-refractivity contribution in [3.63, 3.8) is 0 Å². The van der Waals surface area contributed by atoms with Gasteiger partial charge in [0, 0.05) is 5.56 Å². The second kappa shape index (κ2) is 6.81. The molecule has 0 saturated carbocycles. The molecular formula is C23H16O3. The van der Waals surface area contributed by atoms with Gasteiger partial charge in [-0.2, -0.15) is 0 Å². The van der Waals surface area contributed by atoms with Crippen molar-refractivity contribution in [1.29, 1.82) is 0 Å². The van der Waals surface area contributed by atoms with Crippen LogP contribution in [0.1, 0.15) is 20.7 Å². The summed E-state index contributed by atoms with van der Waals surface area (Å²) in [7, 11) is 0. The highest BCUT2D eigenvalue weighted by molar-refractivity contribution is 6.06. The molecule has 126 valence electrons. The number of Topliss-reactive ketones (excluding diaryl/α,β-unsaturated/α-hetero) is 1. The van der Waals surface area contributed by atoms with Gasteiger partial charge >= 0.3 is 5.97 Å². The number of carbonyl (C=O) groups excluding carboxylic acids is 2. The minimum absolute atomic E-state index is 0.218. The maximum atomic E-state index is 12.4. The predicted octanol–water partition coefficient (Wildman–Crippen LogP) is 5.03. The van der Waals surface area contributed by atoms with Crippen molar-refractivity contribution < 1.29 is 14.3 Å². The van der Waals surface area contributed by atoms with Gasteiger partial charge in [-0.25, -0.2) is 4.79 Å². The summed E-state index contributed by atoms with van der Waals surface area (Å²) in [6, 6.07) is 26.4. The van der Waals surface area contributed by atoms with E-state index in [1.807, 2.05) is 72.8 Å². The summed E-state index contributed by atoms with van der Waals surface area (Å²) in [4.78, 5) is 24.8. The number of esters is 1. The summed E-state index contributed by atoms with van der Waals surface area (Å²) in [5.41, 5.74) is 1.00. The van der Waals surface area contributed by atoms with E-state index in [0.29, 0.717) is 11.1 Å². The Bertz CT molecular complexity index is 1120. The number of rotatable bonds is 4. The Morgan fingerprint density at radius 3 is 2.23 bits per heavy atom. The molecule has 3 nitrogen and oxygen atoms in total. The Labute approximate surface area is 150 Å². The molecule has 4 aromatic carbocycles. The van der Waals surface area contributed by atoms with E-state index in [-0.39, 0.29) is 12.4 Å². The van der Waals surface area contributed by atoms with E-state index in [1.165, 1.54) is 0 Å². The van der Waals surface area contributed by atoms with Crippen LogP contribution in [0.4, 0.5) is 0 Å². The fraction of sp³-hybridized carbons (Fsp3) is 0.0435. The number of carbonyl (C=O) groups is 2. The molecule has 0 heterocycles. The number of ketones is 1. The third-order valence-electron chi connectivity index (χ3n) is 4.42. The van der Waals surface area contributed by atoms with E-state index >= 15 is 0 Å². The molecule has 0 N–H and O–H groups in total. The van der Waals surface area contributed by atoms with Crippen LogP contribution in [0.2, 0.25) is 0 Å². The largest absolute Gasteiger partial charge is 0.454 e. The lowest BCUT2D eigenvalue weighted by Crippen LogP contribution is -2.14. The molecule has 0 aromatic heterocycles. The van der Waals surface area contributed by atoms with E-state index in [1.54, 1.807) is 12.1 Å². The average molecular weight is 340 g/mol. The Hall–Kier alpha value is -3.46. The normalized spacial score (nSPS) is 10.8. The molecule has 4 aromatic rings. The molecule has 0 unspecified atom stereocenters. The van der Waals surface area contributed by atoms with Crippen LogP contribution in [0.5, 0.6) is 0 Å². The number of hydrogen-bond donors (Lipinski definition) is 0. The fourth-order valence-corrected chi connectivity index (χ4v) is 3.06. The summed E-state index contributed by atoms with van der Waals surface area (Å²) in [5.74, 6) is -0.708. The van der Waals surface area contributed by atoms with Crippen LogP contribution in [0.3, 0.4) is 0 Å². The van der Waals surface area contributed by atoms with Crippen LogP contribution in [0.25, 0.3) is 21.5 Å². The lowest BCUT2D eigenvalue weighted by molar-refractivity contribution is 0.0477. The molecule has 0 bridgehead atoms. The molecule has 0 amide bonds. The zero-order valence-corrected chi connectivity index (χ0v) is 14.0. The highest BCUT2D eigenvalue weighted by atomic mass is 16.5. The van der Waals surface area contributed by atoms with Gasteiger partial charge in [0.15, 0.2) is 12.4 Å². The molecule has 0 fully saturated rings. The average Bonchev–Trinajstić information content (AvgIpc) is 2.71. The van der Waals surface area contributed by atoms with Gasteiger partial charge < -0.3 is 4.74 Å². The molecule has 0 spiro atoms. The van der Waals surface area contributed by atoms with Crippen LogP contribution in [-0.2, 0) is 4.74 Å². The molecular weight excluding hydrogens is 324 g/mol. The first-order chi connectivity index (χ1) is 12.7. The zero-order valence-electron chi connectivity index (χ0n) is 14.0. The van der Waals surface area contributed by atoms with Gasteiger partial charge in [-0.1, -0.05) is 72.8 Å². The third-order valence-corrected chi connectivity index (χ3v) is 4.42. The number of benzene rings is 4. The monoisotopic (exact) mass is 340 g/mol. The smallest absolute Gasteiger partial charge is 0.339 e. The molecule has 0 aliphatic carbocycles. The van der Waals surface area contributed by atoms with Gasteiger partial charge in [-0.3, -0.25) is 4.79 Å². The molecule has 0 radical (unpaired) electrons. The highest BCUT2D eigenvalue weighted by Crippen LogP contribution is 2.20. The SMILES string of the molecule is O=C(COC(=O)c1cccc2ccccc12)c1ccc2ccccc2c1. The Morgan fingerprint density at radius 1 is 0.692 bits per heavy atom. The minimum Gasteiger partial charge on any atom is -0.454 e. The Balaban J connectivity index is 1.52. The second-order valence-corrected chi connectivity index (χ2v) is 6.09. The molecule has 0 aliphatic heterocycles. The minimum atomic E-state index is -0.490. The van der Waals surface area contributed by atoms with E-state index in [0.717, 1.165) is 21.5 Å². The first-order valence-electron chi connectivity index (χ1n) is 8.39. The van der Waals surface area contributed by atoms with Crippen LogP contribution in [0.15, 0.2) is 84.9 Å². The molecule has 0 saturated heterocycles. The van der Waals surface area contributed by atoms with Gasteiger partial charge in [-0.05, 0) is 33.7 Å². The maximum absolute atomic E-state index is 12.4. The van der Waals surface area contributed by atoms with Gasteiger partial charge in [0.1, 0.15) is 0 Å². The van der Waals surface area contributed by atoms with Gasteiger partial charge in [0.05, 0.1) is 5.56 Å². The molecule has 4 rings (SSSR count). The van der Waals surface area contributed by atoms with E-state index < -0.39 is 5.97 Å². The van der Waals surface area contributed by atoms with Crippen LogP contribution >= 0.6 is 0 Å². The van der Waals surface area contributed by atoms with Gasteiger partial charge in [0.25, 0.3) is 0 Å². The van der Waals surface area contributed by atoms with Gasteiger partial charge in [-0.15, -0.1) is 0 Å². The maximum Gasteiger partial charge on any atom is 0.339 e. The van der Waals surface area contributed by atoms with Crippen LogP contribution < -0.4 is 0 Å². The molecule has 0 atom stereocenters. The summed E-state index contributed by atoms with van der Waals surface area (Å²) in [6.45, 7) is -0.277. The topological polar surface area (TPSA) is 43.4 Å². The van der Waals surface area contributed by atoms with Crippen molar-refractivity contribution in [2.24, 2.45) is 0 Å². The van der Waals surface area contributed by atoms with E-state index in [9.17, 15) is 9.59 Å². The Morgan fingerprint density at radius 2 is 1.38 bits per heavy atom. The first-order valence-corrected chi connectivity index (χ1v) is 8.39. The van der Waals surface area contributed by atoms with Crippen molar-refractivity contribution >= 4 is 33.3 Å². The first kappa shape index (κ1) is 16.0. The number of fused-ring (bicyclic) bond motifs is 2. The second-order valence-electron chi connectivity index (χ2n) is 6.09. The third kappa shape index (κ3) is 3.07. The Kier molecular flexibility index (Phi) is 4.20. The molecule has 26 heavy (non-hydrogen) atoms. The zero-order chi connectivity index (χ0) is 17.9. The van der Waals surface area contributed by atoms with Crippen LogP contribution in [-0.4, -0.2) is 18.4 Å². The summed E-state index contributed by atoms with van der Waals surface area (Å²) in [5, 5.41) is 3.83. The summed E-state index contributed by atoms with van der Waals surface area (Å²) < 4.78 is 5.28. The van der Waals surface area contributed by atoms with Crippen molar-refractivity contribution in [2.75, 3.05) is 6.61 Å². The molecule has 3 heteroatoms. The fourth-order valence-electron chi connectivity index (χ4n) is 3.06. The quantitative estimate of drug-likeness (QED) is 0.386. The van der Waals surface area contributed by atoms with Gasteiger partial charge in [0.2, 0.25) is 0 Å². The predicted molar refractivity (Wildman–Crippen MR) is 103 cm³/mol. The molecule has 0 aliphatic rings. The standard InChI is InChI=1S/C23H16O3/c24-22(19-13-12-16-6-1-2-8-18(16)14-19)15-26-23(25)21-11-5-9-17-7-3-4-10-20(17)21/h1-14H,15H2. The van der Waals surface area contributed by atoms with Crippen LogP contribution in [0, 0.1) is 0 Å². The van der Waals surface area contributed by atoms with Crippen molar-refractivity contribution in [1.82, 2.24) is 0 Å². The van der Waals surface area contributed by atoms with Crippen molar-refractivity contribution in [2.45, 2.75) is 0 Å². The lowest BCUT2D eigenvalue weighted by Gasteiger charge is -2.08. The van der Waals surface area contributed by atoms with E-state index in [4.69, 9.17) is 4.74 Å². The summed E-state index contributed by atoms with van der Waals surface area (Å²) in [6.07, 6.45) is 0. The number of hydrogen-bond acceptors (Lipinski definition) is 3. The lowest BCUT2D eigenvalue weighted by atomic mass is 10.0. The summed E-state index contributed by atoms with van der Waals surface area (Å²) >= 11 is 0. The van der Waals surface area contributed by atoms with Crippen molar-refractivity contribution in [3.8, 4) is 0 Å². The number of ether oxygens (including phenoxy) is 1.